The summed E-state index contributed by atoms with van der Waals surface area (Å²) in [4.78, 5) is 25.7. The van der Waals surface area contributed by atoms with Crippen molar-refractivity contribution in [2.75, 3.05) is 21.2 Å². The summed E-state index contributed by atoms with van der Waals surface area (Å²) >= 11 is 0. The van der Waals surface area contributed by atoms with Crippen LogP contribution in [0.2, 0.25) is 0 Å². The lowest BCUT2D eigenvalue weighted by Gasteiger charge is -2.21. The Balaban J connectivity index is 2.36. The minimum atomic E-state index is -0.251. The van der Waals surface area contributed by atoms with Gasteiger partial charge >= 0.3 is 0 Å². The average molecular weight is 340 g/mol. The molecule has 132 valence electrons. The number of quaternary nitrogens is 1. The summed E-state index contributed by atoms with van der Waals surface area (Å²) in [5.41, 5.74) is 3.34. The van der Waals surface area contributed by atoms with Gasteiger partial charge in [-0.15, -0.1) is 0 Å². The van der Waals surface area contributed by atoms with Gasteiger partial charge < -0.3 is 9.64 Å². The number of carbonyl (C=O) groups is 2. The summed E-state index contributed by atoms with van der Waals surface area (Å²) in [6.45, 7) is 3.54. The first-order chi connectivity index (χ1) is 11.8. The van der Waals surface area contributed by atoms with E-state index in [4.69, 9.17) is 4.74 Å². The molecule has 1 atom stereocenters. The van der Waals surface area contributed by atoms with E-state index in [1.165, 1.54) is 6.92 Å². The third-order valence-electron chi connectivity index (χ3n) is 4.46. The monoisotopic (exact) mass is 340 g/mol. The number of hydrogen-bond acceptors (Lipinski definition) is 3. The molecule has 4 heteroatoms. The smallest absolute Gasteiger partial charge is 0.220 e. The van der Waals surface area contributed by atoms with Crippen LogP contribution in [0.5, 0.6) is 5.75 Å². The van der Waals surface area contributed by atoms with Crippen LogP contribution in [-0.4, -0.2) is 38.8 Å². The number of hydrogen-bond donors (Lipinski definition) is 1. The van der Waals surface area contributed by atoms with Crippen molar-refractivity contribution in [2.24, 2.45) is 0 Å². The molecule has 0 aliphatic heterocycles. The number of benzene rings is 2. The molecule has 2 aromatic carbocycles. The Labute approximate surface area is 149 Å². The Morgan fingerprint density at radius 2 is 1.64 bits per heavy atom. The minimum absolute atomic E-state index is 0.00233. The molecule has 0 unspecified atom stereocenters. The van der Waals surface area contributed by atoms with E-state index in [0.717, 1.165) is 16.0 Å². The van der Waals surface area contributed by atoms with Crippen molar-refractivity contribution in [3.05, 3.63) is 64.7 Å². The quantitative estimate of drug-likeness (QED) is 0.786. The topological polar surface area (TPSA) is 47.8 Å². The molecule has 0 amide bonds. The van der Waals surface area contributed by atoms with Crippen molar-refractivity contribution >= 4 is 11.6 Å². The summed E-state index contributed by atoms with van der Waals surface area (Å²) < 4.78 is 5.43. The molecule has 0 fully saturated rings. The number of likely N-dealkylation sites (N-methyl/N-ethyl adjacent to an activating group) is 1. The maximum absolute atomic E-state index is 13.0. The molecule has 0 bridgehead atoms. The van der Waals surface area contributed by atoms with Gasteiger partial charge in [-0.25, -0.2) is 0 Å². The Morgan fingerprint density at radius 3 is 2.16 bits per heavy atom. The lowest BCUT2D eigenvalue weighted by molar-refractivity contribution is -0.874. The second-order valence-electron chi connectivity index (χ2n) is 6.65. The van der Waals surface area contributed by atoms with Crippen LogP contribution in [0.25, 0.3) is 0 Å². The van der Waals surface area contributed by atoms with Crippen LogP contribution in [0.15, 0.2) is 42.5 Å². The zero-order valence-electron chi connectivity index (χ0n) is 15.6. The number of ketones is 2. The SMILES string of the molecule is COc1ccc(C(C)=O)cc1C[C@@H](C(=O)c1ccc(C)cc1)[NH+](C)C. The fourth-order valence-corrected chi connectivity index (χ4v) is 2.86. The van der Waals surface area contributed by atoms with Gasteiger partial charge in [-0.2, -0.15) is 0 Å². The normalized spacial score (nSPS) is 12.1. The molecule has 0 aromatic heterocycles. The average Bonchev–Trinajstić information content (AvgIpc) is 2.59. The number of rotatable bonds is 7. The second kappa shape index (κ2) is 8.08. The molecule has 2 rings (SSSR count). The van der Waals surface area contributed by atoms with Gasteiger partial charge in [-0.1, -0.05) is 29.8 Å². The fourth-order valence-electron chi connectivity index (χ4n) is 2.86. The Kier molecular flexibility index (Phi) is 6.10. The van der Waals surface area contributed by atoms with Crippen molar-refractivity contribution in [3.8, 4) is 5.75 Å². The number of carbonyl (C=O) groups excluding carboxylic acids is 2. The molecule has 0 spiro atoms. The van der Waals surface area contributed by atoms with Crippen molar-refractivity contribution < 1.29 is 19.2 Å². The predicted molar refractivity (Wildman–Crippen MR) is 98.8 cm³/mol. The van der Waals surface area contributed by atoms with Gasteiger partial charge in [0, 0.05) is 23.1 Å². The number of ether oxygens (including phenoxy) is 1. The number of methoxy groups -OCH3 is 1. The van der Waals surface area contributed by atoms with Gasteiger partial charge in [0.15, 0.2) is 11.8 Å². The number of Topliss-reactive ketones (excluding diaryl/α,β-unsaturated/α-hetero) is 2. The van der Waals surface area contributed by atoms with Gasteiger partial charge in [0.1, 0.15) is 5.75 Å². The zero-order chi connectivity index (χ0) is 18.6. The van der Waals surface area contributed by atoms with Crippen LogP contribution < -0.4 is 9.64 Å². The van der Waals surface area contributed by atoms with Crippen LogP contribution in [0, 0.1) is 6.92 Å². The zero-order valence-corrected chi connectivity index (χ0v) is 15.6. The molecular weight excluding hydrogens is 314 g/mol. The highest BCUT2D eigenvalue weighted by atomic mass is 16.5. The number of aryl methyl sites for hydroxylation is 1. The van der Waals surface area contributed by atoms with E-state index in [2.05, 4.69) is 0 Å². The molecule has 0 heterocycles. The maximum Gasteiger partial charge on any atom is 0.220 e. The lowest BCUT2D eigenvalue weighted by atomic mass is 9.94. The molecule has 1 N–H and O–H groups in total. The first-order valence-electron chi connectivity index (χ1n) is 8.42. The molecule has 4 nitrogen and oxygen atoms in total. The summed E-state index contributed by atoms with van der Waals surface area (Å²) in [6, 6.07) is 12.8. The van der Waals surface area contributed by atoms with Crippen LogP contribution in [0.3, 0.4) is 0 Å². The summed E-state index contributed by atoms with van der Waals surface area (Å²) in [6.07, 6.45) is 0.513. The minimum Gasteiger partial charge on any atom is -0.496 e. The van der Waals surface area contributed by atoms with Crippen LogP contribution in [0.1, 0.15) is 38.8 Å². The third-order valence-corrected chi connectivity index (χ3v) is 4.46. The molecule has 0 saturated carbocycles. The van der Waals surface area contributed by atoms with Gasteiger partial charge in [0.05, 0.1) is 21.2 Å². The van der Waals surface area contributed by atoms with Crippen molar-refractivity contribution in [2.45, 2.75) is 26.3 Å². The highest BCUT2D eigenvalue weighted by Crippen LogP contribution is 2.22. The first-order valence-corrected chi connectivity index (χ1v) is 8.42. The summed E-state index contributed by atoms with van der Waals surface area (Å²) in [7, 11) is 5.54. The predicted octanol–water partition coefficient (Wildman–Crippen LogP) is 2.14. The lowest BCUT2D eigenvalue weighted by Crippen LogP contribution is -3.11. The maximum atomic E-state index is 13.0. The molecule has 0 radical (unpaired) electrons. The van der Waals surface area contributed by atoms with E-state index < -0.39 is 0 Å². The van der Waals surface area contributed by atoms with E-state index in [-0.39, 0.29) is 17.6 Å². The largest absolute Gasteiger partial charge is 0.496 e. The van der Waals surface area contributed by atoms with E-state index in [0.29, 0.717) is 23.3 Å². The first kappa shape index (κ1) is 18.9. The molecule has 2 aromatic rings. The molecule has 25 heavy (non-hydrogen) atoms. The third kappa shape index (κ3) is 4.54. The standard InChI is InChI=1S/C21H25NO3/c1-14-6-8-16(9-7-14)21(24)19(22(3)4)13-18-12-17(15(2)23)10-11-20(18)25-5/h6-12,19H,13H2,1-5H3/p+1/t19-/m0/s1. The van der Waals surface area contributed by atoms with E-state index in [9.17, 15) is 9.59 Å². The molecule has 0 saturated heterocycles. The Bertz CT molecular complexity index is 763. The number of nitrogens with one attached hydrogen (secondary N) is 1. The van der Waals surface area contributed by atoms with Gasteiger partial charge in [-0.05, 0) is 32.0 Å². The van der Waals surface area contributed by atoms with Crippen molar-refractivity contribution in [1.29, 1.82) is 0 Å². The molecule has 0 aliphatic carbocycles. The van der Waals surface area contributed by atoms with Crippen LogP contribution >= 0.6 is 0 Å². The Hall–Kier alpha value is -2.46. The second-order valence-corrected chi connectivity index (χ2v) is 6.65. The van der Waals surface area contributed by atoms with Crippen LogP contribution in [0.4, 0.5) is 0 Å². The van der Waals surface area contributed by atoms with Crippen molar-refractivity contribution in [3.63, 3.8) is 0 Å². The molecule has 0 aliphatic rings. The highest BCUT2D eigenvalue weighted by Gasteiger charge is 2.27. The summed E-state index contributed by atoms with van der Waals surface area (Å²) in [5, 5.41) is 0. The fraction of sp³-hybridized carbons (Fsp3) is 0.333. The summed E-state index contributed by atoms with van der Waals surface area (Å²) in [5.74, 6) is 0.797. The van der Waals surface area contributed by atoms with Crippen LogP contribution in [-0.2, 0) is 6.42 Å². The molecular formula is C21H26NO3+. The van der Waals surface area contributed by atoms with Gasteiger partial charge in [0.25, 0.3) is 0 Å². The van der Waals surface area contributed by atoms with Crippen molar-refractivity contribution in [1.82, 2.24) is 0 Å². The Morgan fingerprint density at radius 1 is 1.04 bits per heavy atom. The van der Waals surface area contributed by atoms with Gasteiger partial charge in [0.2, 0.25) is 5.78 Å². The van der Waals surface area contributed by atoms with E-state index >= 15 is 0 Å². The van der Waals surface area contributed by atoms with E-state index in [1.54, 1.807) is 19.2 Å². The highest BCUT2D eigenvalue weighted by molar-refractivity contribution is 5.99. The van der Waals surface area contributed by atoms with Gasteiger partial charge in [-0.3, -0.25) is 9.59 Å². The van der Waals surface area contributed by atoms with E-state index in [1.807, 2.05) is 51.4 Å².